The van der Waals surface area contributed by atoms with Crippen molar-refractivity contribution in [2.24, 2.45) is 0 Å². The molecular formula is C11H14O5. The van der Waals surface area contributed by atoms with E-state index >= 15 is 0 Å². The summed E-state index contributed by atoms with van der Waals surface area (Å²) >= 11 is 0. The third kappa shape index (κ3) is 2.71. The molecule has 5 nitrogen and oxygen atoms in total. The van der Waals surface area contributed by atoms with Gasteiger partial charge in [0.15, 0.2) is 0 Å². The molecule has 0 unspecified atom stereocenters. The first kappa shape index (κ1) is 12.5. The van der Waals surface area contributed by atoms with Gasteiger partial charge >= 0.3 is 5.97 Å². The fraction of sp³-hybridized carbons (Fsp3) is 0.364. The number of phenolic OH excluding ortho intramolecular Hbond substituents is 1. The molecule has 1 atom stereocenters. The van der Waals surface area contributed by atoms with E-state index in [0.29, 0.717) is 5.56 Å². The minimum Gasteiger partial charge on any atom is -0.507 e. The molecule has 5 heteroatoms. The second-order valence-electron chi connectivity index (χ2n) is 3.35. The summed E-state index contributed by atoms with van der Waals surface area (Å²) < 4.78 is 4.49. The van der Waals surface area contributed by atoms with E-state index in [1.54, 1.807) is 12.1 Å². The van der Waals surface area contributed by atoms with Crippen LogP contribution in [0, 0.1) is 0 Å². The Morgan fingerprint density at radius 2 is 2.19 bits per heavy atom. The van der Waals surface area contributed by atoms with Crippen molar-refractivity contribution in [2.45, 2.75) is 12.5 Å². The number of esters is 1. The Balaban J connectivity index is 2.99. The van der Waals surface area contributed by atoms with E-state index in [4.69, 9.17) is 5.11 Å². The first-order chi connectivity index (χ1) is 7.60. The highest BCUT2D eigenvalue weighted by Gasteiger charge is 2.16. The van der Waals surface area contributed by atoms with Gasteiger partial charge in [0.2, 0.25) is 0 Å². The number of para-hydroxylation sites is 1. The summed E-state index contributed by atoms with van der Waals surface area (Å²) in [5.74, 6) is -0.861. The number of benzene rings is 1. The topological polar surface area (TPSA) is 87.0 Å². The smallest absolute Gasteiger partial charge is 0.341 e. The Morgan fingerprint density at radius 1 is 1.50 bits per heavy atom. The van der Waals surface area contributed by atoms with Crippen molar-refractivity contribution in [1.29, 1.82) is 0 Å². The Bertz CT molecular complexity index is 375. The van der Waals surface area contributed by atoms with Gasteiger partial charge in [-0.15, -0.1) is 0 Å². The zero-order chi connectivity index (χ0) is 12.1. The molecule has 3 N–H and O–H groups in total. The molecule has 16 heavy (non-hydrogen) atoms. The van der Waals surface area contributed by atoms with Gasteiger partial charge in [-0.25, -0.2) is 4.79 Å². The van der Waals surface area contributed by atoms with Crippen molar-refractivity contribution in [3.8, 4) is 5.75 Å². The van der Waals surface area contributed by atoms with Crippen molar-refractivity contribution in [2.75, 3.05) is 13.7 Å². The summed E-state index contributed by atoms with van der Waals surface area (Å²) in [6.45, 7) is -0.401. The van der Waals surface area contributed by atoms with Crippen LogP contribution in [0.5, 0.6) is 5.75 Å². The molecule has 1 rings (SSSR count). The number of hydrogen-bond acceptors (Lipinski definition) is 5. The molecule has 0 aliphatic rings. The number of aromatic hydroxyl groups is 1. The fourth-order valence-corrected chi connectivity index (χ4v) is 1.35. The van der Waals surface area contributed by atoms with E-state index in [9.17, 15) is 15.0 Å². The zero-order valence-electron chi connectivity index (χ0n) is 8.88. The predicted octanol–water partition coefficient (Wildman–Crippen LogP) is 0.0745. The largest absolute Gasteiger partial charge is 0.507 e. The number of rotatable bonds is 4. The minimum absolute atomic E-state index is 0.0464. The number of hydrogen-bond donors (Lipinski definition) is 3. The van der Waals surface area contributed by atoms with Gasteiger partial charge in [-0.05, 0) is 11.6 Å². The summed E-state index contributed by atoms with van der Waals surface area (Å²) in [4.78, 5) is 11.2. The SMILES string of the molecule is COC(=O)c1cccc(C[C@@H](O)CO)c1O. The maximum atomic E-state index is 11.2. The van der Waals surface area contributed by atoms with Gasteiger partial charge in [-0.1, -0.05) is 12.1 Å². The molecule has 0 fully saturated rings. The maximum absolute atomic E-state index is 11.2. The molecule has 1 aromatic rings. The van der Waals surface area contributed by atoms with Crippen LogP contribution in [0.2, 0.25) is 0 Å². The number of carbonyl (C=O) groups is 1. The molecule has 0 amide bonds. The lowest BCUT2D eigenvalue weighted by Crippen LogP contribution is -2.15. The number of aliphatic hydroxyl groups is 2. The number of methoxy groups -OCH3 is 1. The summed E-state index contributed by atoms with van der Waals surface area (Å²) in [7, 11) is 1.22. The van der Waals surface area contributed by atoms with Crippen molar-refractivity contribution in [3.05, 3.63) is 29.3 Å². The summed E-state index contributed by atoms with van der Waals surface area (Å²) in [6.07, 6.45) is -0.883. The number of carbonyl (C=O) groups excluding carboxylic acids is 1. The first-order valence-electron chi connectivity index (χ1n) is 4.78. The van der Waals surface area contributed by atoms with Crippen molar-refractivity contribution < 1.29 is 24.9 Å². The summed E-state index contributed by atoms with van der Waals surface area (Å²) in [5.41, 5.74) is 0.439. The molecule has 0 aromatic heterocycles. The second kappa shape index (κ2) is 5.48. The van der Waals surface area contributed by atoms with Gasteiger partial charge in [-0.3, -0.25) is 0 Å². The Morgan fingerprint density at radius 3 is 2.75 bits per heavy atom. The molecule has 1 aromatic carbocycles. The van der Waals surface area contributed by atoms with Gasteiger partial charge in [0.25, 0.3) is 0 Å². The third-order valence-corrected chi connectivity index (χ3v) is 2.19. The molecule has 0 aliphatic heterocycles. The molecule has 0 heterocycles. The molecule has 88 valence electrons. The van der Waals surface area contributed by atoms with Crippen LogP contribution in [0.1, 0.15) is 15.9 Å². The highest BCUT2D eigenvalue weighted by Crippen LogP contribution is 2.24. The van der Waals surface area contributed by atoms with E-state index in [2.05, 4.69) is 4.74 Å². The van der Waals surface area contributed by atoms with E-state index in [0.717, 1.165) is 0 Å². The maximum Gasteiger partial charge on any atom is 0.341 e. The Labute approximate surface area is 92.9 Å². The van der Waals surface area contributed by atoms with Crippen LogP contribution in [-0.2, 0) is 11.2 Å². The first-order valence-corrected chi connectivity index (χ1v) is 4.78. The average Bonchev–Trinajstić information content (AvgIpc) is 2.30. The van der Waals surface area contributed by atoms with Crippen LogP contribution >= 0.6 is 0 Å². The fourth-order valence-electron chi connectivity index (χ4n) is 1.35. The van der Waals surface area contributed by atoms with Crippen molar-refractivity contribution in [1.82, 2.24) is 0 Å². The van der Waals surface area contributed by atoms with Crippen LogP contribution < -0.4 is 0 Å². The standard InChI is InChI=1S/C11H14O5/c1-16-11(15)9-4-2-3-7(10(9)14)5-8(13)6-12/h2-4,8,12-14H,5-6H2,1H3/t8-/m1/s1. The highest BCUT2D eigenvalue weighted by molar-refractivity contribution is 5.92. The highest BCUT2D eigenvalue weighted by atomic mass is 16.5. The lowest BCUT2D eigenvalue weighted by Gasteiger charge is -2.10. The molecule has 0 spiro atoms. The molecular weight excluding hydrogens is 212 g/mol. The van der Waals surface area contributed by atoms with Crippen LogP contribution in [-0.4, -0.2) is 41.1 Å². The Kier molecular flexibility index (Phi) is 4.28. The normalized spacial score (nSPS) is 12.2. The molecule has 0 bridgehead atoms. The van der Waals surface area contributed by atoms with Crippen LogP contribution in [0.4, 0.5) is 0 Å². The number of ether oxygens (including phenoxy) is 1. The zero-order valence-corrected chi connectivity index (χ0v) is 8.88. The Hall–Kier alpha value is -1.59. The molecule has 0 saturated heterocycles. The monoisotopic (exact) mass is 226 g/mol. The quantitative estimate of drug-likeness (QED) is 0.633. The number of phenols is 1. The van der Waals surface area contributed by atoms with E-state index < -0.39 is 18.7 Å². The van der Waals surface area contributed by atoms with Crippen LogP contribution in [0.25, 0.3) is 0 Å². The predicted molar refractivity (Wildman–Crippen MR) is 56.2 cm³/mol. The van der Waals surface area contributed by atoms with Gasteiger partial charge < -0.3 is 20.1 Å². The van der Waals surface area contributed by atoms with Crippen molar-refractivity contribution in [3.63, 3.8) is 0 Å². The van der Waals surface area contributed by atoms with E-state index in [1.165, 1.54) is 13.2 Å². The lowest BCUT2D eigenvalue weighted by atomic mass is 10.0. The van der Waals surface area contributed by atoms with Gasteiger partial charge in [-0.2, -0.15) is 0 Å². The molecule has 0 aliphatic carbocycles. The third-order valence-electron chi connectivity index (χ3n) is 2.19. The molecule has 0 saturated carbocycles. The van der Waals surface area contributed by atoms with E-state index in [1.807, 2.05) is 0 Å². The minimum atomic E-state index is -0.959. The summed E-state index contributed by atoms with van der Waals surface area (Å²) in [5, 5.41) is 27.7. The van der Waals surface area contributed by atoms with E-state index in [-0.39, 0.29) is 17.7 Å². The summed E-state index contributed by atoms with van der Waals surface area (Å²) in [6, 6.07) is 4.57. The average molecular weight is 226 g/mol. The van der Waals surface area contributed by atoms with Gasteiger partial charge in [0.05, 0.1) is 19.8 Å². The van der Waals surface area contributed by atoms with Gasteiger partial charge in [0, 0.05) is 6.42 Å². The van der Waals surface area contributed by atoms with Crippen molar-refractivity contribution >= 4 is 5.97 Å². The molecule has 0 radical (unpaired) electrons. The van der Waals surface area contributed by atoms with Gasteiger partial charge in [0.1, 0.15) is 11.3 Å². The second-order valence-corrected chi connectivity index (χ2v) is 3.35. The van der Waals surface area contributed by atoms with Crippen LogP contribution in [0.3, 0.4) is 0 Å². The van der Waals surface area contributed by atoms with Crippen LogP contribution in [0.15, 0.2) is 18.2 Å². The number of aliphatic hydroxyl groups excluding tert-OH is 2. The lowest BCUT2D eigenvalue weighted by molar-refractivity contribution is 0.0596.